The summed E-state index contributed by atoms with van der Waals surface area (Å²) in [4.78, 5) is 11.4. The van der Waals surface area contributed by atoms with Crippen molar-refractivity contribution >= 4 is 5.96 Å². The van der Waals surface area contributed by atoms with E-state index in [9.17, 15) is 0 Å². The molecule has 6 heteroatoms. The maximum Gasteiger partial charge on any atom is 0.191 e. The maximum absolute atomic E-state index is 5.57. The fourth-order valence-electron chi connectivity index (χ4n) is 4.18. The number of morpholine rings is 1. The minimum Gasteiger partial charge on any atom is -0.379 e. The van der Waals surface area contributed by atoms with Crippen LogP contribution in [0.3, 0.4) is 0 Å². The van der Waals surface area contributed by atoms with E-state index in [1.54, 1.807) is 0 Å². The Hall–Kier alpha value is -1.66. The van der Waals surface area contributed by atoms with Crippen LogP contribution in [0.25, 0.3) is 0 Å². The lowest BCUT2D eigenvalue weighted by atomic mass is 9.80. The number of ether oxygens (including phenoxy) is 1. The van der Waals surface area contributed by atoms with Crippen molar-refractivity contribution in [1.82, 2.24) is 20.5 Å². The summed E-state index contributed by atoms with van der Waals surface area (Å²) >= 11 is 0. The van der Waals surface area contributed by atoms with E-state index in [1.807, 2.05) is 25.4 Å². The first-order valence-electron chi connectivity index (χ1n) is 10.00. The van der Waals surface area contributed by atoms with Crippen LogP contribution in [-0.4, -0.2) is 67.8 Å². The van der Waals surface area contributed by atoms with Crippen molar-refractivity contribution < 1.29 is 4.74 Å². The van der Waals surface area contributed by atoms with Gasteiger partial charge >= 0.3 is 0 Å². The van der Waals surface area contributed by atoms with Crippen LogP contribution in [0.2, 0.25) is 0 Å². The fraction of sp³-hybridized carbons (Fsp3) is 0.700. The number of pyridine rings is 1. The third-order valence-electron chi connectivity index (χ3n) is 5.67. The Bertz CT molecular complexity index is 551. The SMILES string of the molecule is CN=C(NCCc1ccccn1)NCC1(N2CCOCC2)CCCCC1. The van der Waals surface area contributed by atoms with E-state index in [0.717, 1.165) is 57.5 Å². The summed E-state index contributed by atoms with van der Waals surface area (Å²) in [6, 6.07) is 6.05. The monoisotopic (exact) mass is 359 g/mol. The van der Waals surface area contributed by atoms with Gasteiger partial charge in [-0.1, -0.05) is 25.3 Å². The number of hydrogen-bond acceptors (Lipinski definition) is 4. The first kappa shape index (κ1) is 19.1. The summed E-state index contributed by atoms with van der Waals surface area (Å²) in [6.07, 6.45) is 9.29. The zero-order valence-corrected chi connectivity index (χ0v) is 16.0. The molecule has 2 N–H and O–H groups in total. The predicted octanol–water partition coefficient (Wildman–Crippen LogP) is 1.82. The minimum absolute atomic E-state index is 0.251. The van der Waals surface area contributed by atoms with Gasteiger partial charge in [0.2, 0.25) is 0 Å². The van der Waals surface area contributed by atoms with Crippen molar-refractivity contribution in [2.45, 2.75) is 44.1 Å². The highest BCUT2D eigenvalue weighted by Crippen LogP contribution is 2.33. The summed E-state index contributed by atoms with van der Waals surface area (Å²) in [6.45, 7) is 5.61. The molecule has 1 aliphatic heterocycles. The van der Waals surface area contributed by atoms with Crippen molar-refractivity contribution in [3.63, 3.8) is 0 Å². The number of rotatable bonds is 6. The van der Waals surface area contributed by atoms with E-state index in [4.69, 9.17) is 4.74 Å². The molecule has 1 aromatic rings. The van der Waals surface area contributed by atoms with E-state index >= 15 is 0 Å². The van der Waals surface area contributed by atoms with E-state index in [0.29, 0.717) is 0 Å². The standard InChI is InChI=1S/C20H33N5O/c1-21-19(23-12-8-18-7-3-6-11-22-18)24-17-20(9-4-2-5-10-20)25-13-15-26-16-14-25/h3,6-7,11H,2,4-5,8-10,12-17H2,1H3,(H2,21,23,24). The summed E-state index contributed by atoms with van der Waals surface area (Å²) < 4.78 is 5.57. The molecule has 6 nitrogen and oxygen atoms in total. The lowest BCUT2D eigenvalue weighted by molar-refractivity contribution is -0.0352. The van der Waals surface area contributed by atoms with Crippen LogP contribution in [0.4, 0.5) is 0 Å². The molecule has 26 heavy (non-hydrogen) atoms. The zero-order valence-electron chi connectivity index (χ0n) is 16.0. The summed E-state index contributed by atoms with van der Waals surface area (Å²) in [5, 5.41) is 7.03. The van der Waals surface area contributed by atoms with Gasteiger partial charge in [0.05, 0.1) is 13.2 Å². The van der Waals surface area contributed by atoms with Gasteiger partial charge in [0.25, 0.3) is 0 Å². The highest BCUT2D eigenvalue weighted by Gasteiger charge is 2.38. The second-order valence-corrected chi connectivity index (χ2v) is 7.31. The molecule has 1 saturated heterocycles. The zero-order chi connectivity index (χ0) is 18.1. The average molecular weight is 360 g/mol. The Balaban J connectivity index is 1.51. The topological polar surface area (TPSA) is 61.8 Å². The van der Waals surface area contributed by atoms with Crippen LogP contribution in [-0.2, 0) is 11.2 Å². The Kier molecular flexibility index (Phi) is 7.26. The van der Waals surface area contributed by atoms with Gasteiger partial charge in [-0.3, -0.25) is 14.9 Å². The highest BCUT2D eigenvalue weighted by atomic mass is 16.5. The molecule has 2 fully saturated rings. The van der Waals surface area contributed by atoms with Gasteiger partial charge in [0.1, 0.15) is 0 Å². The van der Waals surface area contributed by atoms with E-state index in [1.165, 1.54) is 32.1 Å². The Morgan fingerprint density at radius 2 is 2.00 bits per heavy atom. The third-order valence-corrected chi connectivity index (χ3v) is 5.67. The molecule has 0 radical (unpaired) electrons. The number of aromatic nitrogens is 1. The van der Waals surface area contributed by atoms with Gasteiger partial charge in [0, 0.05) is 57.1 Å². The van der Waals surface area contributed by atoms with Crippen molar-refractivity contribution in [3.8, 4) is 0 Å². The molecule has 1 aromatic heterocycles. The molecule has 0 atom stereocenters. The van der Waals surface area contributed by atoms with E-state index in [-0.39, 0.29) is 5.54 Å². The van der Waals surface area contributed by atoms with Crippen LogP contribution in [0.5, 0.6) is 0 Å². The lowest BCUT2D eigenvalue weighted by Crippen LogP contribution is -2.60. The quantitative estimate of drug-likeness (QED) is 0.599. The van der Waals surface area contributed by atoms with Gasteiger partial charge < -0.3 is 15.4 Å². The maximum atomic E-state index is 5.57. The molecule has 2 aliphatic rings. The Labute approximate surface area is 157 Å². The molecule has 144 valence electrons. The van der Waals surface area contributed by atoms with Crippen LogP contribution in [0.1, 0.15) is 37.8 Å². The predicted molar refractivity (Wildman–Crippen MR) is 106 cm³/mol. The number of hydrogen-bond donors (Lipinski definition) is 2. The number of guanidine groups is 1. The molecule has 1 aliphatic carbocycles. The lowest BCUT2D eigenvalue weighted by Gasteiger charge is -2.48. The van der Waals surface area contributed by atoms with Gasteiger partial charge in [-0.05, 0) is 25.0 Å². The molecular formula is C20H33N5O. The van der Waals surface area contributed by atoms with Gasteiger partial charge in [0.15, 0.2) is 5.96 Å². The summed E-state index contributed by atoms with van der Waals surface area (Å²) in [5.41, 5.74) is 1.35. The molecule has 0 unspecified atom stereocenters. The fourth-order valence-corrected chi connectivity index (χ4v) is 4.18. The smallest absolute Gasteiger partial charge is 0.191 e. The third kappa shape index (κ3) is 5.17. The molecule has 3 rings (SSSR count). The van der Waals surface area contributed by atoms with Crippen molar-refractivity contribution in [2.75, 3.05) is 46.4 Å². The van der Waals surface area contributed by atoms with Crippen LogP contribution < -0.4 is 10.6 Å². The molecule has 1 saturated carbocycles. The molecule has 0 amide bonds. The summed E-state index contributed by atoms with van der Waals surface area (Å²) in [7, 11) is 1.85. The normalized spacial score (nSPS) is 21.3. The second kappa shape index (κ2) is 9.88. The first-order valence-corrected chi connectivity index (χ1v) is 10.00. The van der Waals surface area contributed by atoms with Gasteiger partial charge in [-0.2, -0.15) is 0 Å². The Morgan fingerprint density at radius 1 is 1.19 bits per heavy atom. The molecule has 0 spiro atoms. The highest BCUT2D eigenvalue weighted by molar-refractivity contribution is 5.79. The average Bonchev–Trinajstić information content (AvgIpc) is 2.72. The molecule has 0 bridgehead atoms. The van der Waals surface area contributed by atoms with Crippen molar-refractivity contribution in [2.24, 2.45) is 4.99 Å². The molecule has 2 heterocycles. The van der Waals surface area contributed by atoms with Crippen molar-refractivity contribution in [1.29, 1.82) is 0 Å². The second-order valence-electron chi connectivity index (χ2n) is 7.31. The van der Waals surface area contributed by atoms with Gasteiger partial charge in [-0.25, -0.2) is 0 Å². The van der Waals surface area contributed by atoms with Crippen LogP contribution in [0, 0.1) is 0 Å². The number of nitrogens with one attached hydrogen (secondary N) is 2. The van der Waals surface area contributed by atoms with Crippen molar-refractivity contribution in [3.05, 3.63) is 30.1 Å². The van der Waals surface area contributed by atoms with E-state index in [2.05, 4.69) is 31.6 Å². The molecular weight excluding hydrogens is 326 g/mol. The molecule has 0 aromatic carbocycles. The van der Waals surface area contributed by atoms with Gasteiger partial charge in [-0.15, -0.1) is 0 Å². The number of nitrogens with zero attached hydrogens (tertiary/aromatic N) is 3. The van der Waals surface area contributed by atoms with E-state index < -0.39 is 0 Å². The minimum atomic E-state index is 0.251. The van der Waals surface area contributed by atoms with Crippen LogP contribution in [0.15, 0.2) is 29.4 Å². The van der Waals surface area contributed by atoms with Crippen LogP contribution >= 0.6 is 0 Å². The Morgan fingerprint density at radius 3 is 2.69 bits per heavy atom. The largest absolute Gasteiger partial charge is 0.379 e. The first-order chi connectivity index (χ1) is 12.8. The number of aliphatic imine (C=N–C) groups is 1. The summed E-state index contributed by atoms with van der Waals surface area (Å²) in [5.74, 6) is 0.888.